The molecule has 28 heavy (non-hydrogen) atoms. The molecule has 0 radical (unpaired) electrons. The van der Waals surface area contributed by atoms with Crippen LogP contribution in [0, 0.1) is 0 Å². The number of halogens is 2. The van der Waals surface area contributed by atoms with E-state index < -0.39 is 0 Å². The minimum absolute atomic E-state index is 0.602. The number of rotatable bonds is 19. The van der Waals surface area contributed by atoms with Crippen molar-refractivity contribution in [3.8, 4) is 0 Å². The van der Waals surface area contributed by atoms with Crippen molar-refractivity contribution in [2.24, 2.45) is 5.73 Å². The Morgan fingerprint density at radius 1 is 0.821 bits per heavy atom. The van der Waals surface area contributed by atoms with Gasteiger partial charge in [0.2, 0.25) is 0 Å². The molecule has 0 saturated carbocycles. The summed E-state index contributed by atoms with van der Waals surface area (Å²) < 4.78 is 11.1. The van der Waals surface area contributed by atoms with Crippen molar-refractivity contribution in [1.82, 2.24) is 5.32 Å². The van der Waals surface area contributed by atoms with Crippen molar-refractivity contribution in [3.63, 3.8) is 0 Å². The lowest BCUT2D eigenvalue weighted by atomic mass is 10.2. The lowest BCUT2D eigenvalue weighted by molar-refractivity contribution is 0.101. The van der Waals surface area contributed by atoms with Crippen molar-refractivity contribution in [2.45, 2.75) is 32.2 Å². The molecule has 0 aliphatic rings. The second-order valence-corrected chi connectivity index (χ2v) is 7.39. The molecule has 1 aromatic rings. The first kappa shape index (κ1) is 25.5. The highest BCUT2D eigenvalue weighted by atomic mass is 35.5. The topological polar surface area (TPSA) is 59.8 Å². The molecule has 1 rings (SSSR count). The molecule has 0 atom stereocenters. The van der Waals surface area contributed by atoms with E-state index in [0.717, 1.165) is 78.3 Å². The first-order valence-corrected chi connectivity index (χ1v) is 11.4. The van der Waals surface area contributed by atoms with Crippen LogP contribution < -0.4 is 16.0 Å². The summed E-state index contributed by atoms with van der Waals surface area (Å²) in [5, 5.41) is 3.47. The van der Waals surface area contributed by atoms with Crippen molar-refractivity contribution in [1.29, 1.82) is 0 Å². The van der Waals surface area contributed by atoms with E-state index >= 15 is 0 Å². The molecule has 0 fully saturated rings. The lowest BCUT2D eigenvalue weighted by Gasteiger charge is -2.23. The highest BCUT2D eigenvalue weighted by molar-refractivity contribution is 6.18. The average molecular weight is 434 g/mol. The van der Waals surface area contributed by atoms with Crippen LogP contribution in [0.2, 0.25) is 0 Å². The normalized spacial score (nSPS) is 11.1. The molecule has 0 amide bonds. The molecule has 0 unspecified atom stereocenters. The van der Waals surface area contributed by atoms with Gasteiger partial charge in [-0.3, -0.25) is 0 Å². The third kappa shape index (κ3) is 12.8. The summed E-state index contributed by atoms with van der Waals surface area (Å²) in [7, 11) is 0. The molecule has 3 N–H and O–H groups in total. The van der Waals surface area contributed by atoms with Crippen molar-refractivity contribution < 1.29 is 9.47 Å². The summed E-state index contributed by atoms with van der Waals surface area (Å²) in [6.07, 6.45) is 4.05. The molecule has 162 valence electrons. The van der Waals surface area contributed by atoms with E-state index in [9.17, 15) is 0 Å². The van der Waals surface area contributed by atoms with Gasteiger partial charge in [-0.2, -0.15) is 0 Å². The van der Waals surface area contributed by atoms with Crippen LogP contribution in [0.4, 0.5) is 5.69 Å². The van der Waals surface area contributed by atoms with Crippen LogP contribution in [0.3, 0.4) is 0 Å². The predicted octanol–water partition coefficient (Wildman–Crippen LogP) is 3.61. The Balaban J connectivity index is 2.01. The molecule has 0 bridgehead atoms. The van der Waals surface area contributed by atoms with E-state index in [1.54, 1.807) is 0 Å². The molecule has 0 aromatic heterocycles. The number of hydrogen-bond acceptors (Lipinski definition) is 5. The molecule has 0 aliphatic heterocycles. The molecule has 5 nitrogen and oxygen atoms in total. The van der Waals surface area contributed by atoms with Crippen LogP contribution in [-0.4, -0.2) is 64.4 Å². The van der Waals surface area contributed by atoms with Crippen molar-refractivity contribution >= 4 is 28.9 Å². The highest BCUT2D eigenvalue weighted by Crippen LogP contribution is 2.15. The smallest absolute Gasteiger partial charge is 0.0478 e. The van der Waals surface area contributed by atoms with E-state index in [2.05, 4.69) is 34.5 Å². The average Bonchev–Trinajstić information content (AvgIpc) is 2.72. The summed E-state index contributed by atoms with van der Waals surface area (Å²) in [6.45, 7) is 7.32. The Labute approximate surface area is 180 Å². The Morgan fingerprint density at radius 2 is 1.39 bits per heavy atom. The molecule has 0 saturated heterocycles. The standard InChI is InChI=1S/C21H37Cl2N3O2/c22-9-13-26(14-10-23)21-7-5-20(6-8-21)19-25-12-4-18-28-16-2-1-15-27-17-3-11-24/h5-8,25H,1-4,9-19,24H2. The molecule has 0 heterocycles. The molecule has 1 aromatic carbocycles. The van der Waals surface area contributed by atoms with Gasteiger partial charge < -0.3 is 25.4 Å². The van der Waals surface area contributed by atoms with E-state index in [1.807, 2.05) is 0 Å². The molecule has 0 aliphatic carbocycles. The van der Waals surface area contributed by atoms with Gasteiger partial charge in [0.15, 0.2) is 0 Å². The maximum atomic E-state index is 5.87. The van der Waals surface area contributed by atoms with Crippen molar-refractivity contribution in [3.05, 3.63) is 29.8 Å². The van der Waals surface area contributed by atoms with E-state index in [0.29, 0.717) is 18.3 Å². The highest BCUT2D eigenvalue weighted by Gasteiger charge is 2.05. The predicted molar refractivity (Wildman–Crippen MR) is 121 cm³/mol. The van der Waals surface area contributed by atoms with Gasteiger partial charge in [-0.25, -0.2) is 0 Å². The SMILES string of the molecule is NCCCOCCCCOCCCNCc1ccc(N(CCCl)CCCl)cc1. The van der Waals surface area contributed by atoms with Gasteiger partial charge in [0.05, 0.1) is 0 Å². The number of anilines is 1. The summed E-state index contributed by atoms with van der Waals surface area (Å²) in [4.78, 5) is 2.21. The van der Waals surface area contributed by atoms with Gasteiger partial charge in [-0.1, -0.05) is 12.1 Å². The number of hydrogen-bond donors (Lipinski definition) is 2. The number of benzene rings is 1. The zero-order valence-corrected chi connectivity index (χ0v) is 18.5. The van der Waals surface area contributed by atoms with Crippen LogP contribution >= 0.6 is 23.2 Å². The zero-order chi connectivity index (χ0) is 20.3. The molecular formula is C21H37Cl2N3O2. The number of nitrogens with two attached hydrogens (primary N) is 1. The fourth-order valence-electron chi connectivity index (χ4n) is 2.73. The molecular weight excluding hydrogens is 397 g/mol. The van der Waals surface area contributed by atoms with E-state index in [-0.39, 0.29) is 0 Å². The largest absolute Gasteiger partial charge is 0.381 e. The minimum Gasteiger partial charge on any atom is -0.381 e. The summed E-state index contributed by atoms with van der Waals surface area (Å²) in [5.41, 5.74) is 7.86. The Bertz CT molecular complexity index is 457. The fourth-order valence-corrected chi connectivity index (χ4v) is 3.14. The Hall–Kier alpha value is -0.560. The van der Waals surface area contributed by atoms with Crippen LogP contribution in [0.25, 0.3) is 0 Å². The molecule has 7 heteroatoms. The third-order valence-corrected chi connectivity index (χ3v) is 4.64. The van der Waals surface area contributed by atoms with Crippen molar-refractivity contribution in [2.75, 3.05) is 69.3 Å². The quantitative estimate of drug-likeness (QED) is 0.257. The second-order valence-electron chi connectivity index (χ2n) is 6.64. The third-order valence-electron chi connectivity index (χ3n) is 4.30. The van der Waals surface area contributed by atoms with Gasteiger partial charge >= 0.3 is 0 Å². The number of alkyl halides is 2. The number of nitrogens with zero attached hydrogens (tertiary/aromatic N) is 1. The van der Waals surface area contributed by atoms with Gasteiger partial charge in [0.1, 0.15) is 0 Å². The summed E-state index contributed by atoms with van der Waals surface area (Å²) in [6, 6.07) is 8.59. The first-order chi connectivity index (χ1) is 13.8. The summed E-state index contributed by atoms with van der Waals surface area (Å²) >= 11 is 11.7. The van der Waals surface area contributed by atoms with Crippen LogP contribution in [0.15, 0.2) is 24.3 Å². The van der Waals surface area contributed by atoms with Crippen LogP contribution in [0.1, 0.15) is 31.2 Å². The van der Waals surface area contributed by atoms with Crippen LogP contribution in [-0.2, 0) is 16.0 Å². The van der Waals surface area contributed by atoms with Gasteiger partial charge in [0.25, 0.3) is 0 Å². The number of ether oxygens (including phenoxy) is 2. The van der Waals surface area contributed by atoms with Gasteiger partial charge in [-0.15, -0.1) is 23.2 Å². The zero-order valence-electron chi connectivity index (χ0n) is 17.0. The van der Waals surface area contributed by atoms with Gasteiger partial charge in [0, 0.05) is 63.5 Å². The fraction of sp³-hybridized carbons (Fsp3) is 0.714. The maximum Gasteiger partial charge on any atom is 0.0478 e. The van der Waals surface area contributed by atoms with E-state index in [4.69, 9.17) is 38.4 Å². The first-order valence-electron chi connectivity index (χ1n) is 10.3. The monoisotopic (exact) mass is 433 g/mol. The molecule has 0 spiro atoms. The maximum absolute atomic E-state index is 5.87. The second kappa shape index (κ2) is 18.5. The number of nitrogens with one attached hydrogen (secondary N) is 1. The lowest BCUT2D eigenvalue weighted by Crippen LogP contribution is -2.27. The summed E-state index contributed by atoms with van der Waals surface area (Å²) in [5.74, 6) is 1.20. The number of unbranched alkanes of at least 4 members (excludes halogenated alkanes) is 1. The van der Waals surface area contributed by atoms with Crippen LogP contribution in [0.5, 0.6) is 0 Å². The van der Waals surface area contributed by atoms with Gasteiger partial charge in [-0.05, 0) is 56.5 Å². The Morgan fingerprint density at radius 3 is 1.96 bits per heavy atom. The Kier molecular flexibility index (Phi) is 16.8. The van der Waals surface area contributed by atoms with E-state index in [1.165, 1.54) is 11.3 Å². The minimum atomic E-state index is 0.602.